The number of hydrogen-bond donors (Lipinski definition) is 1. The molecule has 1 heterocycles. The predicted octanol–water partition coefficient (Wildman–Crippen LogP) is 2.54. The summed E-state index contributed by atoms with van der Waals surface area (Å²) >= 11 is 0. The van der Waals surface area contributed by atoms with Gasteiger partial charge in [0.15, 0.2) is 0 Å². The number of morpholine rings is 1. The Labute approximate surface area is 112 Å². The smallest absolute Gasteiger partial charge is 0.0731 e. The van der Waals surface area contributed by atoms with Crippen molar-refractivity contribution in [2.75, 3.05) is 13.2 Å². The van der Waals surface area contributed by atoms with E-state index in [1.165, 1.54) is 38.5 Å². The van der Waals surface area contributed by atoms with Gasteiger partial charge in [-0.1, -0.05) is 33.1 Å². The van der Waals surface area contributed by atoms with Crippen LogP contribution in [0.25, 0.3) is 0 Å². The fourth-order valence-electron chi connectivity index (χ4n) is 3.85. The first kappa shape index (κ1) is 14.3. The molecule has 0 aromatic rings. The van der Waals surface area contributed by atoms with E-state index in [1.54, 1.807) is 0 Å². The second-order valence-electron chi connectivity index (χ2n) is 5.93. The Bertz CT molecular complexity index is 245. The normalized spacial score (nSPS) is 32.8. The summed E-state index contributed by atoms with van der Waals surface area (Å²) in [5, 5.41) is 0. The molecule has 0 amide bonds. The zero-order valence-electron chi connectivity index (χ0n) is 12.1. The lowest BCUT2D eigenvalue weighted by Gasteiger charge is -2.48. The summed E-state index contributed by atoms with van der Waals surface area (Å²) < 4.78 is 5.96. The van der Waals surface area contributed by atoms with E-state index < -0.39 is 0 Å². The third kappa shape index (κ3) is 3.06. The highest BCUT2D eigenvalue weighted by atomic mass is 16.5. The predicted molar refractivity (Wildman–Crippen MR) is 75.7 cm³/mol. The van der Waals surface area contributed by atoms with Crippen molar-refractivity contribution < 1.29 is 4.74 Å². The zero-order chi connectivity index (χ0) is 13.0. The van der Waals surface area contributed by atoms with Gasteiger partial charge in [0.05, 0.1) is 12.7 Å². The summed E-state index contributed by atoms with van der Waals surface area (Å²) in [6.45, 7) is 6.50. The molecule has 2 rings (SSSR count). The van der Waals surface area contributed by atoms with Crippen molar-refractivity contribution in [3.05, 3.63) is 0 Å². The van der Waals surface area contributed by atoms with Gasteiger partial charge in [-0.25, -0.2) is 0 Å². The molecule has 4 atom stereocenters. The third-order valence-electron chi connectivity index (χ3n) is 4.74. The van der Waals surface area contributed by atoms with Gasteiger partial charge in [-0.3, -0.25) is 4.90 Å². The first-order chi connectivity index (χ1) is 8.77. The minimum atomic E-state index is 0.334. The SMILES string of the molecule is CCCC(N)C(CC)N1CCOC2CCCCC21. The molecule has 18 heavy (non-hydrogen) atoms. The van der Waals surface area contributed by atoms with E-state index in [0.717, 1.165) is 19.6 Å². The van der Waals surface area contributed by atoms with Gasteiger partial charge < -0.3 is 10.5 Å². The standard InChI is InChI=1S/C15H30N2O/c1-3-7-12(16)13(4-2)17-10-11-18-15-9-6-5-8-14(15)17/h12-15H,3-11,16H2,1-2H3. The Morgan fingerprint density at radius 3 is 2.78 bits per heavy atom. The van der Waals surface area contributed by atoms with Crippen LogP contribution in [0.15, 0.2) is 0 Å². The highest BCUT2D eigenvalue weighted by Crippen LogP contribution is 2.31. The van der Waals surface area contributed by atoms with Crippen molar-refractivity contribution >= 4 is 0 Å². The van der Waals surface area contributed by atoms with Gasteiger partial charge in [-0.2, -0.15) is 0 Å². The monoisotopic (exact) mass is 254 g/mol. The van der Waals surface area contributed by atoms with Gasteiger partial charge >= 0.3 is 0 Å². The first-order valence-corrected chi connectivity index (χ1v) is 7.90. The largest absolute Gasteiger partial charge is 0.375 e. The molecule has 1 saturated heterocycles. The van der Waals surface area contributed by atoms with E-state index in [0.29, 0.717) is 24.2 Å². The molecule has 2 N–H and O–H groups in total. The maximum atomic E-state index is 6.41. The Kier molecular flexibility index (Phi) is 5.46. The second kappa shape index (κ2) is 6.88. The van der Waals surface area contributed by atoms with Crippen LogP contribution in [-0.4, -0.2) is 42.3 Å². The highest BCUT2D eigenvalue weighted by Gasteiger charge is 2.38. The zero-order valence-corrected chi connectivity index (χ0v) is 12.1. The Hall–Kier alpha value is -0.120. The van der Waals surface area contributed by atoms with Crippen molar-refractivity contribution in [2.45, 2.75) is 83.0 Å². The molecule has 1 aliphatic heterocycles. The molecule has 0 radical (unpaired) electrons. The molecule has 1 aliphatic carbocycles. The molecule has 3 heteroatoms. The summed E-state index contributed by atoms with van der Waals surface area (Å²) in [5.74, 6) is 0. The van der Waals surface area contributed by atoms with E-state index in [-0.39, 0.29) is 0 Å². The summed E-state index contributed by atoms with van der Waals surface area (Å²) in [6.07, 6.45) is 9.25. The second-order valence-corrected chi connectivity index (χ2v) is 5.93. The molecule has 2 fully saturated rings. The number of fused-ring (bicyclic) bond motifs is 1. The Morgan fingerprint density at radius 2 is 2.06 bits per heavy atom. The molecule has 0 bridgehead atoms. The van der Waals surface area contributed by atoms with Crippen LogP contribution in [0.2, 0.25) is 0 Å². The van der Waals surface area contributed by atoms with E-state index in [9.17, 15) is 0 Å². The van der Waals surface area contributed by atoms with Crippen LogP contribution in [-0.2, 0) is 4.74 Å². The summed E-state index contributed by atoms with van der Waals surface area (Å²) in [6, 6.07) is 1.53. The highest BCUT2D eigenvalue weighted by molar-refractivity contribution is 4.93. The Morgan fingerprint density at radius 1 is 1.28 bits per heavy atom. The van der Waals surface area contributed by atoms with Crippen molar-refractivity contribution in [1.82, 2.24) is 4.90 Å². The minimum Gasteiger partial charge on any atom is -0.375 e. The van der Waals surface area contributed by atoms with Gasteiger partial charge in [-0.15, -0.1) is 0 Å². The number of nitrogens with zero attached hydrogens (tertiary/aromatic N) is 1. The molecule has 2 aliphatic rings. The molecular weight excluding hydrogens is 224 g/mol. The quantitative estimate of drug-likeness (QED) is 0.819. The average molecular weight is 254 g/mol. The van der Waals surface area contributed by atoms with Gasteiger partial charge in [0, 0.05) is 24.7 Å². The Balaban J connectivity index is 2.03. The van der Waals surface area contributed by atoms with E-state index in [4.69, 9.17) is 10.5 Å². The van der Waals surface area contributed by atoms with E-state index in [2.05, 4.69) is 18.7 Å². The number of nitrogens with two attached hydrogens (primary N) is 1. The van der Waals surface area contributed by atoms with Crippen LogP contribution in [0.1, 0.15) is 58.8 Å². The maximum absolute atomic E-state index is 6.41. The molecule has 3 nitrogen and oxygen atoms in total. The van der Waals surface area contributed by atoms with Gasteiger partial charge in [0.25, 0.3) is 0 Å². The molecular formula is C15H30N2O. The average Bonchev–Trinajstić information content (AvgIpc) is 2.40. The van der Waals surface area contributed by atoms with Crippen LogP contribution in [0, 0.1) is 0 Å². The number of ether oxygens (including phenoxy) is 1. The van der Waals surface area contributed by atoms with Crippen LogP contribution >= 0.6 is 0 Å². The summed E-state index contributed by atoms with van der Waals surface area (Å²) in [7, 11) is 0. The van der Waals surface area contributed by atoms with E-state index >= 15 is 0 Å². The van der Waals surface area contributed by atoms with Gasteiger partial charge in [0.2, 0.25) is 0 Å². The van der Waals surface area contributed by atoms with Crippen molar-refractivity contribution in [2.24, 2.45) is 5.73 Å². The molecule has 0 aromatic carbocycles. The first-order valence-electron chi connectivity index (χ1n) is 7.90. The topological polar surface area (TPSA) is 38.5 Å². The van der Waals surface area contributed by atoms with Crippen molar-refractivity contribution in [1.29, 1.82) is 0 Å². The number of rotatable bonds is 5. The molecule has 106 valence electrons. The summed E-state index contributed by atoms with van der Waals surface area (Å²) in [5.41, 5.74) is 6.41. The molecule has 4 unspecified atom stereocenters. The molecule has 0 aromatic heterocycles. The molecule has 1 saturated carbocycles. The van der Waals surface area contributed by atoms with Crippen LogP contribution in [0.3, 0.4) is 0 Å². The molecule has 0 spiro atoms. The van der Waals surface area contributed by atoms with Crippen LogP contribution < -0.4 is 5.73 Å². The lowest BCUT2D eigenvalue weighted by atomic mass is 9.87. The third-order valence-corrected chi connectivity index (χ3v) is 4.74. The summed E-state index contributed by atoms with van der Waals surface area (Å²) in [4.78, 5) is 2.69. The van der Waals surface area contributed by atoms with E-state index in [1.807, 2.05) is 0 Å². The van der Waals surface area contributed by atoms with Crippen LogP contribution in [0.5, 0.6) is 0 Å². The fourth-order valence-corrected chi connectivity index (χ4v) is 3.85. The maximum Gasteiger partial charge on any atom is 0.0731 e. The fraction of sp³-hybridized carbons (Fsp3) is 1.00. The lowest BCUT2D eigenvalue weighted by Crippen LogP contribution is -2.60. The lowest BCUT2D eigenvalue weighted by molar-refractivity contribution is -0.106. The van der Waals surface area contributed by atoms with Crippen LogP contribution in [0.4, 0.5) is 0 Å². The van der Waals surface area contributed by atoms with Crippen molar-refractivity contribution in [3.63, 3.8) is 0 Å². The van der Waals surface area contributed by atoms with Crippen molar-refractivity contribution in [3.8, 4) is 0 Å². The number of hydrogen-bond acceptors (Lipinski definition) is 3. The van der Waals surface area contributed by atoms with Gasteiger partial charge in [-0.05, 0) is 25.7 Å². The van der Waals surface area contributed by atoms with Gasteiger partial charge in [0.1, 0.15) is 0 Å². The minimum absolute atomic E-state index is 0.334.